The molecule has 0 aromatic heterocycles. The highest BCUT2D eigenvalue weighted by molar-refractivity contribution is 5.96. The van der Waals surface area contributed by atoms with E-state index in [1.54, 1.807) is 6.92 Å². The second-order valence-corrected chi connectivity index (χ2v) is 4.63. The van der Waals surface area contributed by atoms with Crippen molar-refractivity contribution >= 4 is 11.9 Å². The second-order valence-electron chi connectivity index (χ2n) is 4.63. The topological polar surface area (TPSA) is 61.4 Å². The first kappa shape index (κ1) is 15.9. The largest absolute Gasteiger partial charge is 0.336 e. The van der Waals surface area contributed by atoms with Gasteiger partial charge in [0.25, 0.3) is 0 Å². The Kier molecular flexibility index (Phi) is 7.54. The van der Waals surface area contributed by atoms with Gasteiger partial charge < -0.3 is 5.32 Å². The van der Waals surface area contributed by atoms with E-state index in [1.807, 2.05) is 25.8 Å². The summed E-state index contributed by atoms with van der Waals surface area (Å²) in [4.78, 5) is 25.0. The monoisotopic (exact) mass is 243 g/mol. The lowest BCUT2D eigenvalue weighted by molar-refractivity contribution is -0.124. The fraction of sp³-hybridized carbons (Fsp3) is 0.833. The second kappa shape index (κ2) is 8.06. The molecular formula is C12H25N3O2. The van der Waals surface area contributed by atoms with E-state index in [2.05, 4.69) is 17.6 Å². The third-order valence-corrected chi connectivity index (χ3v) is 2.56. The highest BCUT2D eigenvalue weighted by Gasteiger charge is 2.19. The van der Waals surface area contributed by atoms with Crippen LogP contribution in [0.15, 0.2) is 0 Å². The summed E-state index contributed by atoms with van der Waals surface area (Å²) in [5.74, 6) is -0.262. The first-order chi connectivity index (χ1) is 7.88. The van der Waals surface area contributed by atoms with E-state index in [-0.39, 0.29) is 18.0 Å². The number of imide groups is 1. The summed E-state index contributed by atoms with van der Waals surface area (Å²) in [7, 11) is 1.89. The molecule has 2 N–H and O–H groups in total. The smallest absolute Gasteiger partial charge is 0.321 e. The Labute approximate surface area is 104 Å². The standard InChI is InChI=1S/C12H25N3O2/c1-6-7-8-15(5)10(4)11(16)14-12(17)13-9(2)3/h9-10H,6-8H2,1-5H3,(H2,13,14,16,17). The fourth-order valence-corrected chi connectivity index (χ4v) is 1.32. The normalized spacial score (nSPS) is 12.6. The van der Waals surface area contributed by atoms with Crippen LogP contribution in [0.3, 0.4) is 0 Å². The van der Waals surface area contributed by atoms with Gasteiger partial charge in [0.05, 0.1) is 6.04 Å². The van der Waals surface area contributed by atoms with Crippen molar-refractivity contribution in [1.29, 1.82) is 0 Å². The van der Waals surface area contributed by atoms with Gasteiger partial charge in [0.15, 0.2) is 0 Å². The van der Waals surface area contributed by atoms with Crippen molar-refractivity contribution in [2.24, 2.45) is 0 Å². The molecule has 0 aliphatic rings. The summed E-state index contributed by atoms with van der Waals surface area (Å²) < 4.78 is 0. The Bertz CT molecular complexity index is 254. The van der Waals surface area contributed by atoms with Gasteiger partial charge in [0.1, 0.15) is 0 Å². The van der Waals surface area contributed by atoms with Crippen molar-refractivity contribution < 1.29 is 9.59 Å². The van der Waals surface area contributed by atoms with Gasteiger partial charge in [0, 0.05) is 6.04 Å². The lowest BCUT2D eigenvalue weighted by Gasteiger charge is -2.23. The molecular weight excluding hydrogens is 218 g/mol. The maximum absolute atomic E-state index is 11.7. The van der Waals surface area contributed by atoms with Crippen LogP contribution in [0.5, 0.6) is 0 Å². The summed E-state index contributed by atoms with van der Waals surface area (Å²) in [5.41, 5.74) is 0. The van der Waals surface area contributed by atoms with Gasteiger partial charge in [-0.25, -0.2) is 4.79 Å². The van der Waals surface area contributed by atoms with Crippen molar-refractivity contribution in [3.05, 3.63) is 0 Å². The fourth-order valence-electron chi connectivity index (χ4n) is 1.32. The van der Waals surface area contributed by atoms with Crippen molar-refractivity contribution in [2.75, 3.05) is 13.6 Å². The van der Waals surface area contributed by atoms with Gasteiger partial charge in [-0.3, -0.25) is 15.0 Å². The molecule has 0 rings (SSSR count). The van der Waals surface area contributed by atoms with Crippen molar-refractivity contribution in [2.45, 2.75) is 52.6 Å². The van der Waals surface area contributed by atoms with Gasteiger partial charge in [0.2, 0.25) is 5.91 Å². The van der Waals surface area contributed by atoms with Crippen molar-refractivity contribution in [3.63, 3.8) is 0 Å². The van der Waals surface area contributed by atoms with Crippen LogP contribution in [0.1, 0.15) is 40.5 Å². The number of hydrogen-bond acceptors (Lipinski definition) is 3. The van der Waals surface area contributed by atoms with Crippen LogP contribution in [0.25, 0.3) is 0 Å². The van der Waals surface area contributed by atoms with Crippen LogP contribution in [-0.4, -0.2) is 42.5 Å². The zero-order chi connectivity index (χ0) is 13.4. The number of rotatable bonds is 6. The van der Waals surface area contributed by atoms with Gasteiger partial charge in [-0.1, -0.05) is 13.3 Å². The van der Waals surface area contributed by atoms with E-state index in [4.69, 9.17) is 0 Å². The molecule has 0 heterocycles. The Morgan fingerprint density at radius 2 is 1.82 bits per heavy atom. The molecule has 3 amide bonds. The highest BCUT2D eigenvalue weighted by atomic mass is 16.2. The maximum atomic E-state index is 11.7. The number of urea groups is 1. The minimum absolute atomic E-state index is 0.0240. The molecule has 5 heteroatoms. The van der Waals surface area contributed by atoms with Gasteiger partial charge >= 0.3 is 6.03 Å². The van der Waals surface area contributed by atoms with Gasteiger partial charge in [-0.05, 0) is 40.8 Å². The van der Waals surface area contributed by atoms with E-state index in [9.17, 15) is 9.59 Å². The summed E-state index contributed by atoms with van der Waals surface area (Å²) in [5, 5.41) is 4.96. The highest BCUT2D eigenvalue weighted by Crippen LogP contribution is 1.99. The average Bonchev–Trinajstić information content (AvgIpc) is 2.23. The number of unbranched alkanes of at least 4 members (excludes halogenated alkanes) is 1. The van der Waals surface area contributed by atoms with Crippen LogP contribution in [-0.2, 0) is 4.79 Å². The SMILES string of the molecule is CCCCN(C)C(C)C(=O)NC(=O)NC(C)C. The minimum atomic E-state index is -0.430. The quantitative estimate of drug-likeness (QED) is 0.740. The van der Waals surface area contributed by atoms with Crippen LogP contribution >= 0.6 is 0 Å². The molecule has 100 valence electrons. The predicted molar refractivity (Wildman–Crippen MR) is 68.8 cm³/mol. The van der Waals surface area contributed by atoms with Crippen molar-refractivity contribution in [3.8, 4) is 0 Å². The molecule has 1 atom stereocenters. The van der Waals surface area contributed by atoms with Crippen LogP contribution < -0.4 is 10.6 Å². The zero-order valence-corrected chi connectivity index (χ0v) is 11.5. The Morgan fingerprint density at radius 3 is 2.29 bits per heavy atom. The molecule has 17 heavy (non-hydrogen) atoms. The van der Waals surface area contributed by atoms with Crippen LogP contribution in [0, 0.1) is 0 Å². The van der Waals surface area contributed by atoms with E-state index in [0.29, 0.717) is 0 Å². The average molecular weight is 243 g/mol. The number of nitrogens with one attached hydrogen (secondary N) is 2. The first-order valence-corrected chi connectivity index (χ1v) is 6.20. The van der Waals surface area contributed by atoms with Crippen LogP contribution in [0.2, 0.25) is 0 Å². The summed E-state index contributed by atoms with van der Waals surface area (Å²) >= 11 is 0. The Balaban J connectivity index is 4.08. The van der Waals surface area contributed by atoms with Crippen molar-refractivity contribution in [1.82, 2.24) is 15.5 Å². The van der Waals surface area contributed by atoms with Crippen LogP contribution in [0.4, 0.5) is 4.79 Å². The minimum Gasteiger partial charge on any atom is -0.336 e. The first-order valence-electron chi connectivity index (χ1n) is 6.20. The number of likely N-dealkylation sites (N-methyl/N-ethyl adjacent to an activating group) is 1. The molecule has 0 fully saturated rings. The third kappa shape index (κ3) is 6.94. The summed E-state index contributed by atoms with van der Waals surface area (Å²) in [6, 6.07) is -0.698. The van der Waals surface area contributed by atoms with E-state index in [1.165, 1.54) is 0 Å². The molecule has 0 radical (unpaired) electrons. The molecule has 0 aliphatic carbocycles. The molecule has 0 aromatic rings. The molecule has 0 saturated heterocycles. The van der Waals surface area contributed by atoms with E-state index >= 15 is 0 Å². The van der Waals surface area contributed by atoms with Gasteiger partial charge in [-0.15, -0.1) is 0 Å². The lowest BCUT2D eigenvalue weighted by Crippen LogP contribution is -2.49. The molecule has 0 bridgehead atoms. The molecule has 0 spiro atoms. The predicted octanol–water partition coefficient (Wildman–Crippen LogP) is 1.34. The number of carbonyl (C=O) groups is 2. The van der Waals surface area contributed by atoms with E-state index < -0.39 is 6.03 Å². The zero-order valence-electron chi connectivity index (χ0n) is 11.5. The Hall–Kier alpha value is -1.10. The third-order valence-electron chi connectivity index (χ3n) is 2.56. The number of amides is 3. The number of carbonyl (C=O) groups excluding carboxylic acids is 2. The maximum Gasteiger partial charge on any atom is 0.321 e. The van der Waals surface area contributed by atoms with Gasteiger partial charge in [-0.2, -0.15) is 0 Å². The van der Waals surface area contributed by atoms with E-state index in [0.717, 1.165) is 19.4 Å². The summed E-state index contributed by atoms with van der Waals surface area (Å²) in [6.07, 6.45) is 2.14. The Morgan fingerprint density at radius 1 is 1.24 bits per heavy atom. The number of hydrogen-bond donors (Lipinski definition) is 2. The molecule has 0 saturated carbocycles. The summed E-state index contributed by atoms with van der Waals surface area (Å²) in [6.45, 7) is 8.46. The molecule has 0 aromatic carbocycles. The molecule has 1 unspecified atom stereocenters. The number of nitrogens with zero attached hydrogens (tertiary/aromatic N) is 1. The molecule has 5 nitrogen and oxygen atoms in total. The molecule has 0 aliphatic heterocycles. The lowest BCUT2D eigenvalue weighted by atomic mass is 10.2.